The molecule has 3 saturated heterocycles. The number of carbonyl (C=O) groups excluding carboxylic acids is 16. The Bertz CT molecular complexity index is 5250. The summed E-state index contributed by atoms with van der Waals surface area (Å²) in [5, 5.41) is 95.6. The molecule has 0 saturated carbocycles. The molecular formula is C90H126N22O24S. The maximum absolute atomic E-state index is 15.9. The number of methoxy groups -OCH3 is 1. The molecule has 2 unspecified atom stereocenters. The molecule has 3 aromatic heterocycles. The average molecular weight is 1930 g/mol. The number of rotatable bonds is 27. The third kappa shape index (κ3) is 29.4. The van der Waals surface area contributed by atoms with Crippen molar-refractivity contribution in [1.82, 2.24) is 97.2 Å². The van der Waals surface area contributed by atoms with Gasteiger partial charge in [0.2, 0.25) is 94.5 Å². The molecule has 47 heteroatoms. The van der Waals surface area contributed by atoms with Gasteiger partial charge in [-0.2, -0.15) is 0 Å². The fourth-order valence-corrected chi connectivity index (χ4v) is 17.7. The highest BCUT2D eigenvalue weighted by molar-refractivity contribution is 8.00. The number of hydrogen-bond acceptors (Lipinski definition) is 27. The topological polar surface area (TPSA) is 685 Å². The number of ether oxygens (including phenoxy) is 1. The number of fused-ring (bicyclic) bond motifs is 4. The highest BCUT2D eigenvalue weighted by atomic mass is 32.2. The molecular weight excluding hydrogens is 1810 g/mol. The van der Waals surface area contributed by atoms with E-state index in [1.165, 1.54) is 58.5 Å². The third-order valence-corrected chi connectivity index (χ3v) is 25.6. The molecule has 0 spiro atoms. The zero-order valence-electron chi connectivity index (χ0n) is 77.3. The number of thioether (sulfide) groups is 1. The number of primary amides is 3. The van der Waals surface area contributed by atoms with Gasteiger partial charge in [0.15, 0.2) is 0 Å². The number of nitrogens with zero attached hydrogens (tertiary/aromatic N) is 7. The van der Waals surface area contributed by atoms with Gasteiger partial charge < -0.3 is 135 Å². The van der Waals surface area contributed by atoms with Crippen LogP contribution in [0.15, 0.2) is 97.7 Å². The van der Waals surface area contributed by atoms with E-state index in [4.69, 9.17) is 21.9 Å². The maximum atomic E-state index is 15.9. The number of imidazole rings is 1. The average Bonchev–Trinajstić information content (AvgIpc) is 1.63. The van der Waals surface area contributed by atoms with Crippen molar-refractivity contribution in [2.75, 3.05) is 72.6 Å². The Kier molecular flexibility index (Phi) is 40.1. The second-order valence-electron chi connectivity index (χ2n) is 34.4. The zero-order chi connectivity index (χ0) is 100. The van der Waals surface area contributed by atoms with Crippen LogP contribution in [-0.4, -0.2) is 351 Å². The fraction of sp³-hybridized carbons (Fsp3) is 0.533. The smallest absolute Gasteiger partial charge is 0.323 e. The molecule has 0 aliphatic carbocycles. The first-order valence-electron chi connectivity index (χ1n) is 45.2. The maximum Gasteiger partial charge on any atom is 0.323 e. The number of benzene rings is 3. The minimum absolute atomic E-state index is 0.0606. The number of H-pyrrole nitrogens is 2. The van der Waals surface area contributed by atoms with E-state index < -0.39 is 287 Å². The molecule has 746 valence electrons. The first kappa shape index (κ1) is 107. The van der Waals surface area contributed by atoms with Crippen LogP contribution in [0, 0.1) is 0 Å². The van der Waals surface area contributed by atoms with Crippen molar-refractivity contribution in [1.29, 1.82) is 0 Å². The quantitative estimate of drug-likeness (QED) is 0.0229. The van der Waals surface area contributed by atoms with Gasteiger partial charge in [0.05, 0.1) is 81.3 Å². The van der Waals surface area contributed by atoms with Gasteiger partial charge in [-0.05, 0) is 99.9 Å². The Morgan fingerprint density at radius 2 is 1.20 bits per heavy atom. The van der Waals surface area contributed by atoms with E-state index in [2.05, 4.69) is 68.1 Å². The minimum Gasteiger partial charge on any atom is -0.497 e. The lowest BCUT2D eigenvalue weighted by Gasteiger charge is -2.37. The predicted octanol–water partition coefficient (Wildman–Crippen LogP) is -5.54. The number of para-hydroxylation sites is 2. The van der Waals surface area contributed by atoms with Crippen molar-refractivity contribution < 1.29 is 117 Å². The van der Waals surface area contributed by atoms with Crippen LogP contribution in [0.5, 0.6) is 5.75 Å². The van der Waals surface area contributed by atoms with Gasteiger partial charge in [0.1, 0.15) is 85.2 Å². The number of carboxylic acid groups (broad SMARTS) is 1. The summed E-state index contributed by atoms with van der Waals surface area (Å²) in [6.07, 6.45) is -2.11. The van der Waals surface area contributed by atoms with Crippen LogP contribution in [-0.2, 0) is 114 Å². The first-order chi connectivity index (χ1) is 65.3. The second kappa shape index (κ2) is 51.1. The van der Waals surface area contributed by atoms with Crippen molar-refractivity contribution in [3.05, 3.63) is 120 Å². The molecule has 3 aliphatic rings. The van der Waals surface area contributed by atoms with E-state index in [-0.39, 0.29) is 63.6 Å². The van der Waals surface area contributed by atoms with Crippen LogP contribution >= 0.6 is 11.8 Å². The van der Waals surface area contributed by atoms with Crippen molar-refractivity contribution >= 4 is 134 Å². The third-order valence-electron chi connectivity index (χ3n) is 24.5. The first-order valence-corrected chi connectivity index (χ1v) is 46.4. The van der Waals surface area contributed by atoms with Gasteiger partial charge in [-0.3, -0.25) is 91.7 Å². The monoisotopic (exact) mass is 1930 g/mol. The molecule has 9 rings (SSSR count). The standard InChI is InChI=1S/C90H126N22O24S/c1-8-10-20-68-83(128)105-65(44-114)82(127)106-66(78(123)96-39-74(93)118)45-137-46-75(119)98-61(31-49-24-26-54(136-7)27-25-49)86(131)107(4)48(3)77(122)102-63(36-73(92)117)89(134)111-30-16-23-69(111)84(129)101-60(34-52-38-94-47-97-52)80(125)99-58(28-29-72(91)116)88(133)112-41-53(115)35-71(112)85(130)100-59(32-50-37-95-57-19-14-12-17-55(50)57)79(124)104-64(43-113)81(126)103-62(87(132)109(6)70(21-11-9-2)90(135)108(68)5)33-51-40-110(42-76(120)121)67-22-15-13-18-56(51)67/h12-15,17-19,22,24-27,37-38,40,47-48,53,58-66,68-71,81,86,95,103,113-115,126,131H,8-11,16,20-21,23,28-36,39,41-46H2,1-7H3,(H2,91,116)(H2,92,117)(H2,93,118)(H,94,97)(H,96,123)(H,98,119)(H,99,125)(H,100,130)(H,101,129)(H,102,122)(H,104,124)(H,105,128)(H,106,127)(H,120,121)/t48-,53+,58-,59-,60-,61-,62-,63-,64-,65-,66-,68-,69-,70-,71-,81?,86?/m0/s1. The number of nitrogens with one attached hydrogen (secondary N) is 12. The summed E-state index contributed by atoms with van der Waals surface area (Å²) in [5.74, 6) is -17.8. The number of amides is 16. The highest BCUT2D eigenvalue weighted by Gasteiger charge is 2.47. The highest BCUT2D eigenvalue weighted by Crippen LogP contribution is 2.29. The summed E-state index contributed by atoms with van der Waals surface area (Å²) in [4.78, 5) is 260. The molecule has 46 nitrogen and oxygen atoms in total. The molecule has 6 heterocycles. The summed E-state index contributed by atoms with van der Waals surface area (Å²) in [6.45, 7) is 0.660. The Balaban J connectivity index is 1.11. The number of unbranched alkanes of at least 4 members (excludes halogenated alkanes) is 2. The molecule has 3 aromatic carbocycles. The molecule has 3 fully saturated rings. The number of hydrogen-bond donors (Lipinski definition) is 21. The van der Waals surface area contributed by atoms with Gasteiger partial charge >= 0.3 is 5.97 Å². The molecule has 137 heavy (non-hydrogen) atoms. The lowest BCUT2D eigenvalue weighted by molar-refractivity contribution is -0.149. The van der Waals surface area contributed by atoms with Gasteiger partial charge in [0.25, 0.3) is 0 Å². The molecule has 0 radical (unpaired) electrons. The van der Waals surface area contributed by atoms with Crippen LogP contribution in [0.4, 0.5) is 0 Å². The Morgan fingerprint density at radius 1 is 0.591 bits per heavy atom. The van der Waals surface area contributed by atoms with Crippen molar-refractivity contribution in [2.24, 2.45) is 17.2 Å². The van der Waals surface area contributed by atoms with E-state index in [9.17, 15) is 83.4 Å². The number of aromatic amines is 2. The Morgan fingerprint density at radius 3 is 1.85 bits per heavy atom. The van der Waals surface area contributed by atoms with E-state index in [0.717, 1.165) is 36.3 Å². The zero-order valence-corrected chi connectivity index (χ0v) is 78.1. The van der Waals surface area contributed by atoms with E-state index >= 15 is 28.8 Å². The van der Waals surface area contributed by atoms with Crippen molar-refractivity contribution in [3.63, 3.8) is 0 Å². The molecule has 16 amide bonds. The van der Waals surface area contributed by atoms with Crippen LogP contribution in [0.25, 0.3) is 21.8 Å². The molecule has 17 atom stereocenters. The van der Waals surface area contributed by atoms with Crippen molar-refractivity contribution in [3.8, 4) is 5.75 Å². The number of carbonyl (C=O) groups is 17. The number of carboxylic acids is 1. The molecule has 0 bridgehead atoms. The van der Waals surface area contributed by atoms with Crippen LogP contribution in [0.2, 0.25) is 0 Å². The number of nitrogens with two attached hydrogens (primary N) is 3. The number of aliphatic hydroxyl groups excluding tert-OH is 5. The van der Waals surface area contributed by atoms with Gasteiger partial charge in [-0.1, -0.05) is 88.1 Å². The lowest BCUT2D eigenvalue weighted by Crippen LogP contribution is -2.63. The summed E-state index contributed by atoms with van der Waals surface area (Å²) in [6, 6.07) is -2.86. The Labute approximate surface area is 793 Å². The number of aromatic nitrogens is 4. The normalized spacial score (nSPS) is 25.8. The number of aliphatic carboxylic acids is 1. The summed E-state index contributed by atoms with van der Waals surface area (Å²) in [5.41, 5.74) is 19.2. The second-order valence-corrected chi connectivity index (χ2v) is 35.4. The van der Waals surface area contributed by atoms with Gasteiger partial charge in [-0.15, -0.1) is 11.8 Å². The fourth-order valence-electron chi connectivity index (χ4n) is 16.9. The lowest BCUT2D eigenvalue weighted by atomic mass is 10.00. The van der Waals surface area contributed by atoms with Crippen LogP contribution < -0.4 is 75.1 Å². The number of aliphatic hydroxyl groups is 5. The van der Waals surface area contributed by atoms with Gasteiger partial charge in [0, 0.05) is 99.0 Å². The van der Waals surface area contributed by atoms with Gasteiger partial charge in [-0.25, -0.2) is 4.98 Å². The largest absolute Gasteiger partial charge is 0.497 e. The minimum atomic E-state index is -2.15. The molecule has 3 aliphatic heterocycles. The predicted molar refractivity (Wildman–Crippen MR) is 495 cm³/mol. The van der Waals surface area contributed by atoms with Crippen molar-refractivity contribution in [2.45, 2.75) is 233 Å². The molecule has 6 aromatic rings. The van der Waals surface area contributed by atoms with E-state index in [0.29, 0.717) is 57.1 Å². The summed E-state index contributed by atoms with van der Waals surface area (Å²) >= 11 is 0.752. The SMILES string of the molecule is CCCC[C@H]1C(=O)N(C)[C@@H](CCCC)C(=O)N[C@@H](CO)C(=O)N[C@H](C(=O)NCC(N)=O)CSCC(=O)N[C@@H](Cc2ccc(OC)cc2)C(O)N(C)[C@@H](C)C(=O)N[C@@H](CC(N)=O)C(=O)N2CCC[C@H]2C(=O)N[C@@H](Cc2c[nH]cn2)C(=O)N[C@@H](CCC(N)=O)C(=O)N2C[C@H](O)C[C@H]2C(=O)N[C@@H](Cc2c[nH]c3ccccc23)C(=O)N[C@@H](CO)C(O)N[C@@H](Cc2cn(CC(=O)O)c3ccccc23)C(=O)N1C. The molecule has 24 N–H and O–H groups in total. The van der Waals surface area contributed by atoms with Crippen LogP contribution in [0.1, 0.15) is 120 Å². The number of likely N-dealkylation sites (N-methyl/N-ethyl adjacent to an activating group) is 3. The summed E-state index contributed by atoms with van der Waals surface area (Å²) < 4.78 is 6.75. The van der Waals surface area contributed by atoms with E-state index in [1.54, 1.807) is 92.8 Å². The van der Waals surface area contributed by atoms with E-state index in [1.807, 2.05) is 0 Å². The van der Waals surface area contributed by atoms with Crippen LogP contribution in [0.3, 0.4) is 0 Å². The Hall–Kier alpha value is -13.2. The summed E-state index contributed by atoms with van der Waals surface area (Å²) in [7, 11) is 5.30.